The number of nitrogens with zero attached hydrogens (tertiary/aromatic N) is 4. The summed E-state index contributed by atoms with van der Waals surface area (Å²) in [5, 5.41) is 3.63. The molecular weight excluding hydrogens is 380 g/mol. The lowest BCUT2D eigenvalue weighted by atomic mass is 10.0. The molecule has 1 aliphatic rings. The fourth-order valence-corrected chi connectivity index (χ4v) is 3.91. The molecule has 1 aromatic heterocycles. The Morgan fingerprint density at radius 3 is 2.57 bits per heavy atom. The first-order chi connectivity index (χ1) is 14.4. The van der Waals surface area contributed by atoms with Crippen LogP contribution in [0.15, 0.2) is 54.9 Å². The van der Waals surface area contributed by atoms with Gasteiger partial charge in [-0.25, -0.2) is 19.6 Å². The van der Waals surface area contributed by atoms with Crippen molar-refractivity contribution in [3.63, 3.8) is 0 Å². The predicted octanol–water partition coefficient (Wildman–Crippen LogP) is 3.50. The molecule has 1 saturated heterocycles. The van der Waals surface area contributed by atoms with Gasteiger partial charge in [0.1, 0.15) is 12.6 Å². The molecule has 0 spiro atoms. The van der Waals surface area contributed by atoms with Crippen molar-refractivity contribution >= 4 is 12.0 Å². The summed E-state index contributed by atoms with van der Waals surface area (Å²) in [5.41, 5.74) is 1.90. The number of carbonyl (C=O) groups excluding carboxylic acids is 2. The maximum atomic E-state index is 13.4. The minimum Gasteiger partial charge on any atom is -0.459 e. The summed E-state index contributed by atoms with van der Waals surface area (Å²) in [7, 11) is 3.56. The minimum atomic E-state index is -0.676. The van der Waals surface area contributed by atoms with E-state index in [2.05, 4.69) is 4.98 Å². The average molecular weight is 411 g/mol. The van der Waals surface area contributed by atoms with E-state index in [0.717, 1.165) is 24.1 Å². The molecule has 7 nitrogen and oxygen atoms in total. The second-order valence-electron chi connectivity index (χ2n) is 7.99. The Labute approximate surface area is 178 Å². The zero-order chi connectivity index (χ0) is 21.7. The molecule has 160 valence electrons. The third-order valence-electron chi connectivity index (χ3n) is 5.47. The highest BCUT2D eigenvalue weighted by atomic mass is 16.5. The van der Waals surface area contributed by atoms with Crippen molar-refractivity contribution in [3.8, 4) is 0 Å². The number of hydrogen-bond acceptors (Lipinski definition) is 5. The van der Waals surface area contributed by atoms with Gasteiger partial charge in [0.2, 0.25) is 0 Å². The van der Waals surface area contributed by atoms with Crippen LogP contribution in [0, 0.1) is 5.92 Å². The molecule has 2 heterocycles. The van der Waals surface area contributed by atoms with Crippen LogP contribution in [0.3, 0.4) is 0 Å². The number of aromatic nitrogens is 1. The maximum Gasteiger partial charge on any atom is 0.335 e. The standard InChI is InChI=1S/C23H30N4O3/c1-17(2)21(22(28)30-16-18-9-6-5-7-10-18)26(4)23(29)27-20(12-14-25(27)3)19-11-8-13-24-15-19/h5-11,13,15,17,20-21H,12,14,16H2,1-4H3/t20-,21+/m1/s1. The summed E-state index contributed by atoms with van der Waals surface area (Å²) in [6, 6.07) is 12.4. The molecule has 1 aliphatic heterocycles. The molecular formula is C23H30N4O3. The van der Waals surface area contributed by atoms with Crippen molar-refractivity contribution in [1.29, 1.82) is 0 Å². The van der Waals surface area contributed by atoms with E-state index in [1.807, 2.05) is 68.4 Å². The third-order valence-corrected chi connectivity index (χ3v) is 5.47. The van der Waals surface area contributed by atoms with E-state index in [1.165, 1.54) is 4.90 Å². The van der Waals surface area contributed by atoms with Gasteiger partial charge in [0, 0.05) is 33.0 Å². The first-order valence-electron chi connectivity index (χ1n) is 10.3. The van der Waals surface area contributed by atoms with Crippen LogP contribution < -0.4 is 0 Å². The fourth-order valence-electron chi connectivity index (χ4n) is 3.91. The fraction of sp³-hybridized carbons (Fsp3) is 0.435. The molecule has 3 rings (SSSR count). The lowest BCUT2D eigenvalue weighted by molar-refractivity contribution is -0.152. The van der Waals surface area contributed by atoms with Crippen molar-refractivity contribution in [3.05, 3.63) is 66.0 Å². The molecule has 1 fully saturated rings. The highest BCUT2D eigenvalue weighted by Crippen LogP contribution is 2.32. The first kappa shape index (κ1) is 21.8. The molecule has 1 aromatic carbocycles. The highest BCUT2D eigenvalue weighted by Gasteiger charge is 2.40. The maximum absolute atomic E-state index is 13.4. The zero-order valence-electron chi connectivity index (χ0n) is 18.1. The molecule has 0 aliphatic carbocycles. The van der Waals surface area contributed by atoms with Gasteiger partial charge in [-0.2, -0.15) is 0 Å². The van der Waals surface area contributed by atoms with Gasteiger partial charge in [-0.1, -0.05) is 50.2 Å². The Bertz CT molecular complexity index is 844. The molecule has 0 bridgehead atoms. The van der Waals surface area contributed by atoms with E-state index < -0.39 is 12.0 Å². The molecule has 2 amide bonds. The van der Waals surface area contributed by atoms with Crippen molar-refractivity contribution in [1.82, 2.24) is 19.9 Å². The number of carbonyl (C=O) groups is 2. The molecule has 30 heavy (non-hydrogen) atoms. The number of benzene rings is 1. The van der Waals surface area contributed by atoms with Gasteiger partial charge in [0.25, 0.3) is 0 Å². The smallest absolute Gasteiger partial charge is 0.335 e. The van der Waals surface area contributed by atoms with Gasteiger partial charge in [-0.05, 0) is 29.5 Å². The van der Waals surface area contributed by atoms with Crippen LogP contribution in [0.4, 0.5) is 4.79 Å². The quantitative estimate of drug-likeness (QED) is 0.682. The number of hydrazine groups is 1. The Hall–Kier alpha value is -2.93. The van der Waals surface area contributed by atoms with Gasteiger partial charge in [-0.15, -0.1) is 0 Å². The Balaban J connectivity index is 1.74. The van der Waals surface area contributed by atoms with Crippen LogP contribution in [-0.4, -0.2) is 58.6 Å². The summed E-state index contributed by atoms with van der Waals surface area (Å²) in [4.78, 5) is 32.0. The Morgan fingerprint density at radius 2 is 1.93 bits per heavy atom. The number of likely N-dealkylation sites (N-methyl/N-ethyl adjacent to an activating group) is 1. The molecule has 0 N–H and O–H groups in total. The SMILES string of the molecule is CC(C)[C@@H](C(=O)OCc1ccccc1)N(C)C(=O)N1[C@@H](c2cccnc2)CCN1C. The summed E-state index contributed by atoms with van der Waals surface area (Å²) < 4.78 is 5.55. The van der Waals surface area contributed by atoms with Crippen molar-refractivity contribution < 1.29 is 14.3 Å². The van der Waals surface area contributed by atoms with Gasteiger partial charge >= 0.3 is 12.0 Å². The number of rotatable bonds is 6. The van der Waals surface area contributed by atoms with Crippen LogP contribution in [0.5, 0.6) is 0 Å². The van der Waals surface area contributed by atoms with Crippen LogP contribution >= 0.6 is 0 Å². The van der Waals surface area contributed by atoms with E-state index >= 15 is 0 Å². The van der Waals surface area contributed by atoms with Crippen molar-refractivity contribution in [2.45, 2.75) is 39.0 Å². The van der Waals surface area contributed by atoms with Crippen molar-refractivity contribution in [2.24, 2.45) is 5.92 Å². The summed E-state index contributed by atoms with van der Waals surface area (Å²) in [6.07, 6.45) is 4.32. The van der Waals surface area contributed by atoms with Gasteiger partial charge in [0.15, 0.2) is 0 Å². The normalized spacial score (nSPS) is 17.8. The largest absolute Gasteiger partial charge is 0.459 e. The van der Waals surface area contributed by atoms with E-state index in [-0.39, 0.29) is 24.6 Å². The van der Waals surface area contributed by atoms with Crippen LogP contribution in [0.25, 0.3) is 0 Å². The van der Waals surface area contributed by atoms with Gasteiger partial charge in [-0.3, -0.25) is 4.98 Å². The number of urea groups is 1. The van der Waals surface area contributed by atoms with E-state index in [9.17, 15) is 9.59 Å². The number of ether oxygens (including phenoxy) is 1. The second-order valence-corrected chi connectivity index (χ2v) is 7.99. The number of hydrogen-bond donors (Lipinski definition) is 0. The number of amides is 2. The summed E-state index contributed by atoms with van der Waals surface area (Å²) >= 11 is 0. The lowest BCUT2D eigenvalue weighted by Crippen LogP contribution is -2.54. The number of esters is 1. The lowest BCUT2D eigenvalue weighted by Gasteiger charge is -2.37. The molecule has 2 atom stereocenters. The van der Waals surface area contributed by atoms with Crippen molar-refractivity contribution in [2.75, 3.05) is 20.6 Å². The molecule has 0 unspecified atom stereocenters. The summed E-state index contributed by atoms with van der Waals surface area (Å²) in [6.45, 7) is 4.78. The van der Waals surface area contributed by atoms with E-state index in [1.54, 1.807) is 24.5 Å². The van der Waals surface area contributed by atoms with Gasteiger partial charge < -0.3 is 9.64 Å². The monoisotopic (exact) mass is 410 g/mol. The Kier molecular flexibility index (Phi) is 7.05. The average Bonchev–Trinajstić information content (AvgIpc) is 3.14. The third kappa shape index (κ3) is 4.79. The minimum absolute atomic E-state index is 0.0908. The van der Waals surface area contributed by atoms with Crippen LogP contribution in [0.2, 0.25) is 0 Å². The summed E-state index contributed by atoms with van der Waals surface area (Å²) in [5.74, 6) is -0.489. The predicted molar refractivity (Wildman–Crippen MR) is 114 cm³/mol. The second kappa shape index (κ2) is 9.71. The van der Waals surface area contributed by atoms with Crippen LogP contribution in [-0.2, 0) is 16.1 Å². The molecule has 2 aromatic rings. The molecule has 7 heteroatoms. The topological polar surface area (TPSA) is 66.0 Å². The molecule has 0 radical (unpaired) electrons. The van der Waals surface area contributed by atoms with Gasteiger partial charge in [0.05, 0.1) is 6.04 Å². The zero-order valence-corrected chi connectivity index (χ0v) is 18.1. The highest BCUT2D eigenvalue weighted by molar-refractivity contribution is 5.84. The van der Waals surface area contributed by atoms with E-state index in [0.29, 0.717) is 0 Å². The van der Waals surface area contributed by atoms with E-state index in [4.69, 9.17) is 4.74 Å². The first-order valence-corrected chi connectivity index (χ1v) is 10.3. The Morgan fingerprint density at radius 1 is 1.20 bits per heavy atom. The van der Waals surface area contributed by atoms with Crippen LogP contribution in [0.1, 0.15) is 37.4 Å². The molecule has 0 saturated carbocycles. The number of pyridine rings is 1.